The van der Waals surface area contributed by atoms with Crippen molar-refractivity contribution in [1.29, 1.82) is 0 Å². The predicted molar refractivity (Wildman–Crippen MR) is 99.7 cm³/mol. The summed E-state index contributed by atoms with van der Waals surface area (Å²) in [6.45, 7) is 1.97. The summed E-state index contributed by atoms with van der Waals surface area (Å²) in [5, 5.41) is 15.7. The molecule has 9 heteroatoms. The zero-order chi connectivity index (χ0) is 17.8. The molecule has 6 nitrogen and oxygen atoms in total. The molecule has 0 unspecified atom stereocenters. The summed E-state index contributed by atoms with van der Waals surface area (Å²) >= 11 is 13.3. The molecule has 0 atom stereocenters. The third-order valence-corrected chi connectivity index (χ3v) is 4.89. The lowest BCUT2D eigenvalue weighted by atomic mass is 10.2. The fraction of sp³-hybridized carbons (Fsp3) is 0.125. The summed E-state index contributed by atoms with van der Waals surface area (Å²) in [5.41, 5.74) is 2.29. The maximum atomic E-state index is 12.2. The highest BCUT2D eigenvalue weighted by Gasteiger charge is 2.14. The Balaban J connectivity index is 1.70. The molecule has 1 aromatic heterocycles. The summed E-state index contributed by atoms with van der Waals surface area (Å²) in [7, 11) is 0. The zero-order valence-corrected chi connectivity index (χ0v) is 15.4. The molecular weight excluding hydrogens is 381 g/mol. The van der Waals surface area contributed by atoms with Crippen LogP contribution in [0.5, 0.6) is 0 Å². The molecule has 0 saturated heterocycles. The van der Waals surface area contributed by atoms with Crippen LogP contribution < -0.4 is 5.32 Å². The molecular formula is C16H13Cl2N5OS. The van der Waals surface area contributed by atoms with Crippen LogP contribution in [-0.2, 0) is 4.79 Å². The number of benzene rings is 2. The largest absolute Gasteiger partial charge is 0.323 e. The number of halogens is 2. The van der Waals surface area contributed by atoms with E-state index in [2.05, 4.69) is 20.8 Å². The SMILES string of the molecule is Cc1ccccc1-n1nnnc1SCC(=O)Nc1c(Cl)cccc1Cl. The lowest BCUT2D eigenvalue weighted by Crippen LogP contribution is -2.15. The smallest absolute Gasteiger partial charge is 0.234 e. The van der Waals surface area contributed by atoms with E-state index in [9.17, 15) is 4.79 Å². The minimum absolute atomic E-state index is 0.119. The second-order valence-electron chi connectivity index (χ2n) is 5.09. The van der Waals surface area contributed by atoms with Gasteiger partial charge >= 0.3 is 0 Å². The van der Waals surface area contributed by atoms with Gasteiger partial charge in [0.2, 0.25) is 11.1 Å². The third-order valence-electron chi connectivity index (χ3n) is 3.34. The fourth-order valence-electron chi connectivity index (χ4n) is 2.14. The quantitative estimate of drug-likeness (QED) is 0.662. The van der Waals surface area contributed by atoms with Crippen LogP contribution in [0.4, 0.5) is 5.69 Å². The molecule has 3 rings (SSSR count). The number of amides is 1. The van der Waals surface area contributed by atoms with Gasteiger partial charge in [0.05, 0.1) is 27.2 Å². The lowest BCUT2D eigenvalue weighted by molar-refractivity contribution is -0.113. The van der Waals surface area contributed by atoms with Gasteiger partial charge in [0, 0.05) is 0 Å². The number of rotatable bonds is 5. The van der Waals surface area contributed by atoms with E-state index < -0.39 is 0 Å². The number of nitrogens with zero attached hydrogens (tertiary/aromatic N) is 4. The van der Waals surface area contributed by atoms with Crippen molar-refractivity contribution in [1.82, 2.24) is 20.2 Å². The van der Waals surface area contributed by atoms with Gasteiger partial charge in [-0.25, -0.2) is 0 Å². The van der Waals surface area contributed by atoms with Crippen molar-refractivity contribution in [3.8, 4) is 5.69 Å². The normalized spacial score (nSPS) is 10.7. The van der Waals surface area contributed by atoms with Crippen molar-refractivity contribution in [2.45, 2.75) is 12.1 Å². The molecule has 0 aliphatic heterocycles. The Hall–Kier alpha value is -2.09. The molecule has 0 bridgehead atoms. The lowest BCUT2D eigenvalue weighted by Gasteiger charge is -2.09. The summed E-state index contributed by atoms with van der Waals surface area (Å²) in [6.07, 6.45) is 0. The first-order valence-electron chi connectivity index (χ1n) is 7.27. The van der Waals surface area contributed by atoms with Crippen molar-refractivity contribution < 1.29 is 4.79 Å². The van der Waals surface area contributed by atoms with Crippen LogP contribution in [0, 0.1) is 6.92 Å². The molecule has 0 radical (unpaired) electrons. The number of para-hydroxylation sites is 2. The topological polar surface area (TPSA) is 72.7 Å². The number of carbonyl (C=O) groups excluding carboxylic acids is 1. The Bertz CT molecular complexity index is 895. The minimum atomic E-state index is -0.251. The van der Waals surface area contributed by atoms with Gasteiger partial charge in [-0.2, -0.15) is 4.68 Å². The number of anilines is 1. The van der Waals surface area contributed by atoms with Gasteiger partial charge in [0.15, 0.2) is 0 Å². The summed E-state index contributed by atoms with van der Waals surface area (Å²) in [4.78, 5) is 12.2. The molecule has 0 spiro atoms. The van der Waals surface area contributed by atoms with E-state index in [1.807, 2.05) is 31.2 Å². The summed E-state index contributed by atoms with van der Waals surface area (Å²) in [6, 6.07) is 12.8. The van der Waals surface area contributed by atoms with E-state index in [1.54, 1.807) is 22.9 Å². The Morgan fingerprint density at radius 3 is 2.60 bits per heavy atom. The molecule has 128 valence electrons. The molecule has 0 aliphatic carbocycles. The highest BCUT2D eigenvalue weighted by atomic mass is 35.5. The van der Waals surface area contributed by atoms with E-state index in [-0.39, 0.29) is 11.7 Å². The van der Waals surface area contributed by atoms with Crippen LogP contribution in [0.15, 0.2) is 47.6 Å². The van der Waals surface area contributed by atoms with Crippen LogP contribution >= 0.6 is 35.0 Å². The molecule has 25 heavy (non-hydrogen) atoms. The fourth-order valence-corrected chi connectivity index (χ4v) is 3.32. The maximum absolute atomic E-state index is 12.2. The molecule has 0 fully saturated rings. The number of nitrogens with one attached hydrogen (secondary N) is 1. The highest BCUT2D eigenvalue weighted by molar-refractivity contribution is 7.99. The molecule has 2 aromatic carbocycles. The van der Waals surface area contributed by atoms with Crippen molar-refractivity contribution in [3.63, 3.8) is 0 Å². The van der Waals surface area contributed by atoms with Crippen molar-refractivity contribution in [2.24, 2.45) is 0 Å². The van der Waals surface area contributed by atoms with E-state index in [1.165, 1.54) is 11.8 Å². The molecule has 1 amide bonds. The van der Waals surface area contributed by atoms with Gasteiger partial charge in [-0.15, -0.1) is 5.10 Å². The first-order valence-corrected chi connectivity index (χ1v) is 9.01. The van der Waals surface area contributed by atoms with Crippen LogP contribution in [0.1, 0.15) is 5.56 Å². The van der Waals surface area contributed by atoms with Crippen LogP contribution in [0.3, 0.4) is 0 Å². The summed E-state index contributed by atoms with van der Waals surface area (Å²) < 4.78 is 1.61. The number of hydrogen-bond acceptors (Lipinski definition) is 5. The highest BCUT2D eigenvalue weighted by Crippen LogP contribution is 2.30. The number of aryl methyl sites for hydroxylation is 1. The first kappa shape index (κ1) is 17.7. The molecule has 1 N–H and O–H groups in total. The van der Waals surface area contributed by atoms with Gasteiger partial charge < -0.3 is 5.32 Å². The summed E-state index contributed by atoms with van der Waals surface area (Å²) in [5.74, 6) is -0.132. The monoisotopic (exact) mass is 393 g/mol. The van der Waals surface area contributed by atoms with Gasteiger partial charge in [0.1, 0.15) is 0 Å². The number of hydrogen-bond donors (Lipinski definition) is 1. The Labute approximate surface area is 158 Å². The van der Waals surface area contributed by atoms with E-state index in [0.29, 0.717) is 20.9 Å². The van der Waals surface area contributed by atoms with E-state index in [4.69, 9.17) is 23.2 Å². The second kappa shape index (κ2) is 7.86. The standard InChI is InChI=1S/C16H13Cl2N5OS/c1-10-5-2-3-8-13(10)23-16(20-21-22-23)25-9-14(24)19-15-11(17)6-4-7-12(15)18/h2-8H,9H2,1H3,(H,19,24). The molecule has 3 aromatic rings. The minimum Gasteiger partial charge on any atom is -0.323 e. The predicted octanol–water partition coefficient (Wildman–Crippen LogP) is 4.01. The Kier molecular flexibility index (Phi) is 5.57. The molecule has 1 heterocycles. The van der Waals surface area contributed by atoms with Crippen LogP contribution in [0.25, 0.3) is 5.69 Å². The molecule has 0 saturated carbocycles. The second-order valence-corrected chi connectivity index (χ2v) is 6.85. The van der Waals surface area contributed by atoms with Gasteiger partial charge in [-0.05, 0) is 41.1 Å². The molecule has 0 aliphatic rings. The zero-order valence-electron chi connectivity index (χ0n) is 13.1. The van der Waals surface area contributed by atoms with E-state index >= 15 is 0 Å². The third kappa shape index (κ3) is 4.12. The van der Waals surface area contributed by atoms with Gasteiger partial charge in [-0.1, -0.05) is 59.2 Å². The maximum Gasteiger partial charge on any atom is 0.234 e. The average molecular weight is 394 g/mol. The van der Waals surface area contributed by atoms with Crippen LogP contribution in [0.2, 0.25) is 10.0 Å². The van der Waals surface area contributed by atoms with E-state index in [0.717, 1.165) is 11.3 Å². The first-order chi connectivity index (χ1) is 12.1. The Morgan fingerprint density at radius 1 is 1.16 bits per heavy atom. The number of carbonyl (C=O) groups is 1. The Morgan fingerprint density at radius 2 is 1.88 bits per heavy atom. The number of tetrazole rings is 1. The van der Waals surface area contributed by atoms with Gasteiger partial charge in [0.25, 0.3) is 0 Å². The van der Waals surface area contributed by atoms with Crippen molar-refractivity contribution in [3.05, 3.63) is 58.1 Å². The number of thioether (sulfide) groups is 1. The van der Waals surface area contributed by atoms with Crippen molar-refractivity contribution in [2.75, 3.05) is 11.1 Å². The van der Waals surface area contributed by atoms with Crippen LogP contribution in [-0.4, -0.2) is 31.9 Å². The average Bonchev–Trinajstić information content (AvgIpc) is 3.05. The van der Waals surface area contributed by atoms with Crippen molar-refractivity contribution >= 4 is 46.6 Å². The number of aromatic nitrogens is 4. The van der Waals surface area contributed by atoms with Gasteiger partial charge in [-0.3, -0.25) is 4.79 Å².